The van der Waals surface area contributed by atoms with Crippen LogP contribution in [0.4, 0.5) is 0 Å². The van der Waals surface area contributed by atoms with Crippen molar-refractivity contribution < 1.29 is 4.79 Å². The maximum Gasteiger partial charge on any atom is 0.227 e. The Morgan fingerprint density at radius 2 is 1.96 bits per heavy atom. The summed E-state index contributed by atoms with van der Waals surface area (Å²) in [6.07, 6.45) is 2.71. The van der Waals surface area contributed by atoms with Crippen LogP contribution in [0.2, 0.25) is 0 Å². The van der Waals surface area contributed by atoms with Gasteiger partial charge in [-0.15, -0.1) is 0 Å². The largest absolute Gasteiger partial charge is 0.342 e. The number of hydrogen-bond acceptors (Lipinski definition) is 3. The summed E-state index contributed by atoms with van der Waals surface area (Å²) in [7, 11) is 2.00. The van der Waals surface area contributed by atoms with Gasteiger partial charge in [-0.1, -0.05) is 13.8 Å². The summed E-state index contributed by atoms with van der Waals surface area (Å²) >= 11 is 0. The highest BCUT2D eigenvalue weighted by Gasteiger charge is 2.24. The number of aryl methyl sites for hydroxylation is 1. The molecule has 5 nitrogen and oxygen atoms in total. The number of carbonyl (C=O) groups is 1. The Bertz CT molecular complexity index is 527. The van der Waals surface area contributed by atoms with E-state index in [1.807, 2.05) is 18.9 Å². The molecule has 0 saturated carbocycles. The van der Waals surface area contributed by atoms with E-state index in [0.29, 0.717) is 18.3 Å². The van der Waals surface area contributed by atoms with Crippen molar-refractivity contribution in [2.45, 2.75) is 53.5 Å². The Morgan fingerprint density at radius 1 is 1.30 bits per heavy atom. The lowest BCUT2D eigenvalue weighted by Crippen LogP contribution is -2.41. The summed E-state index contributed by atoms with van der Waals surface area (Å²) < 4.78 is 2.06. The van der Waals surface area contributed by atoms with Crippen LogP contribution in [0.5, 0.6) is 0 Å². The van der Waals surface area contributed by atoms with Crippen molar-refractivity contribution in [2.75, 3.05) is 26.7 Å². The summed E-state index contributed by atoms with van der Waals surface area (Å²) in [6, 6.07) is 0. The minimum Gasteiger partial charge on any atom is -0.342 e. The van der Waals surface area contributed by atoms with Gasteiger partial charge >= 0.3 is 0 Å². The van der Waals surface area contributed by atoms with Gasteiger partial charge in [-0.2, -0.15) is 5.10 Å². The zero-order chi connectivity index (χ0) is 17.0. The summed E-state index contributed by atoms with van der Waals surface area (Å²) in [5.74, 6) is 1.52. The van der Waals surface area contributed by atoms with Gasteiger partial charge in [0.15, 0.2) is 0 Å². The molecule has 2 rings (SSSR count). The van der Waals surface area contributed by atoms with Gasteiger partial charge in [0.25, 0.3) is 0 Å². The lowest BCUT2D eigenvalue weighted by molar-refractivity contribution is -0.131. The highest BCUT2D eigenvalue weighted by Crippen LogP contribution is 2.20. The molecule has 1 aliphatic heterocycles. The van der Waals surface area contributed by atoms with Crippen molar-refractivity contribution >= 4 is 5.91 Å². The van der Waals surface area contributed by atoms with Crippen molar-refractivity contribution in [3.05, 3.63) is 17.0 Å². The summed E-state index contributed by atoms with van der Waals surface area (Å²) in [5, 5.41) is 7.86. The summed E-state index contributed by atoms with van der Waals surface area (Å²) in [6.45, 7) is 12.2. The van der Waals surface area contributed by atoms with Crippen molar-refractivity contribution in [2.24, 2.45) is 11.8 Å². The highest BCUT2D eigenvalue weighted by molar-refractivity contribution is 5.79. The van der Waals surface area contributed by atoms with Crippen LogP contribution in [0.15, 0.2) is 0 Å². The average molecular weight is 320 g/mol. The van der Waals surface area contributed by atoms with Crippen LogP contribution in [-0.2, 0) is 17.8 Å². The third kappa shape index (κ3) is 4.56. The number of hydrogen-bond donors (Lipinski definition) is 1. The van der Waals surface area contributed by atoms with Crippen LogP contribution in [-0.4, -0.2) is 47.3 Å². The van der Waals surface area contributed by atoms with E-state index in [9.17, 15) is 4.79 Å². The molecule has 1 amide bonds. The van der Waals surface area contributed by atoms with Crippen LogP contribution in [0.25, 0.3) is 0 Å². The maximum atomic E-state index is 12.6. The molecule has 23 heavy (non-hydrogen) atoms. The smallest absolute Gasteiger partial charge is 0.227 e. The molecule has 1 aliphatic rings. The fourth-order valence-corrected chi connectivity index (χ4v) is 3.45. The fraction of sp³-hybridized carbons (Fsp3) is 0.778. The Balaban J connectivity index is 1.97. The second kappa shape index (κ2) is 7.95. The van der Waals surface area contributed by atoms with E-state index in [2.05, 4.69) is 35.9 Å². The number of carbonyl (C=O) groups excluding carboxylic acids is 1. The first-order valence-corrected chi connectivity index (χ1v) is 8.87. The minimum absolute atomic E-state index is 0.253. The van der Waals surface area contributed by atoms with Crippen LogP contribution < -0.4 is 5.32 Å². The first-order chi connectivity index (χ1) is 10.9. The van der Waals surface area contributed by atoms with E-state index in [-0.39, 0.29) is 5.91 Å². The molecule has 1 aromatic heterocycles. The predicted octanol–water partition coefficient (Wildman–Crippen LogP) is 2.16. The molecule has 2 heterocycles. The molecule has 5 heteroatoms. The van der Waals surface area contributed by atoms with Gasteiger partial charge in [-0.3, -0.25) is 9.48 Å². The van der Waals surface area contributed by atoms with Crippen LogP contribution in [0, 0.1) is 25.7 Å². The normalized spacial score (nSPS) is 16.3. The number of piperidine rings is 1. The van der Waals surface area contributed by atoms with Crippen molar-refractivity contribution in [1.29, 1.82) is 0 Å². The highest BCUT2D eigenvalue weighted by atomic mass is 16.2. The van der Waals surface area contributed by atoms with Gasteiger partial charge in [0, 0.05) is 30.9 Å². The molecule has 1 fully saturated rings. The van der Waals surface area contributed by atoms with Crippen LogP contribution in [0.1, 0.15) is 43.6 Å². The quantitative estimate of drug-likeness (QED) is 0.874. The number of nitrogens with one attached hydrogen (secondary N) is 1. The zero-order valence-electron chi connectivity index (χ0n) is 15.4. The number of rotatable bonds is 6. The first kappa shape index (κ1) is 18.0. The van der Waals surface area contributed by atoms with Gasteiger partial charge in [0.05, 0.1) is 12.1 Å². The SMILES string of the molecule is CNCC1CCN(C(=O)Cc2c(C)nn(CC(C)C)c2C)CC1. The second-order valence-corrected chi connectivity index (χ2v) is 7.28. The molecule has 1 saturated heterocycles. The lowest BCUT2D eigenvalue weighted by Gasteiger charge is -2.32. The molecule has 0 spiro atoms. The molecular weight excluding hydrogens is 288 g/mol. The van der Waals surface area contributed by atoms with E-state index in [1.54, 1.807) is 0 Å². The number of likely N-dealkylation sites (tertiary alicyclic amines) is 1. The summed E-state index contributed by atoms with van der Waals surface area (Å²) in [5.41, 5.74) is 3.27. The molecule has 0 aromatic carbocycles. The number of aromatic nitrogens is 2. The third-order valence-electron chi connectivity index (χ3n) is 4.86. The molecule has 0 unspecified atom stereocenters. The third-order valence-corrected chi connectivity index (χ3v) is 4.86. The fourth-order valence-electron chi connectivity index (χ4n) is 3.45. The molecule has 0 atom stereocenters. The predicted molar refractivity (Wildman–Crippen MR) is 93.5 cm³/mol. The van der Waals surface area contributed by atoms with E-state index in [4.69, 9.17) is 0 Å². The van der Waals surface area contributed by atoms with E-state index in [0.717, 1.165) is 56.0 Å². The molecule has 1 N–H and O–H groups in total. The van der Waals surface area contributed by atoms with Gasteiger partial charge < -0.3 is 10.2 Å². The molecule has 0 radical (unpaired) electrons. The van der Waals surface area contributed by atoms with Gasteiger partial charge in [0.2, 0.25) is 5.91 Å². The first-order valence-electron chi connectivity index (χ1n) is 8.87. The molecule has 130 valence electrons. The summed E-state index contributed by atoms with van der Waals surface area (Å²) in [4.78, 5) is 14.7. The standard InChI is InChI=1S/C18H32N4O/c1-13(2)12-22-15(4)17(14(3)20-22)10-18(23)21-8-6-16(7-9-21)11-19-5/h13,16,19H,6-12H2,1-5H3. The van der Waals surface area contributed by atoms with E-state index < -0.39 is 0 Å². The van der Waals surface area contributed by atoms with E-state index >= 15 is 0 Å². The monoisotopic (exact) mass is 320 g/mol. The Hall–Kier alpha value is -1.36. The van der Waals surface area contributed by atoms with E-state index in [1.165, 1.54) is 0 Å². The lowest BCUT2D eigenvalue weighted by atomic mass is 9.96. The van der Waals surface area contributed by atoms with Gasteiger partial charge in [0.1, 0.15) is 0 Å². The van der Waals surface area contributed by atoms with Crippen molar-refractivity contribution in [1.82, 2.24) is 20.0 Å². The Morgan fingerprint density at radius 3 is 2.52 bits per heavy atom. The Labute approximate surface area is 140 Å². The maximum absolute atomic E-state index is 12.6. The minimum atomic E-state index is 0.253. The average Bonchev–Trinajstić information content (AvgIpc) is 2.75. The second-order valence-electron chi connectivity index (χ2n) is 7.28. The molecular formula is C18H32N4O. The van der Waals surface area contributed by atoms with Gasteiger partial charge in [-0.05, 0) is 52.1 Å². The van der Waals surface area contributed by atoms with Gasteiger partial charge in [-0.25, -0.2) is 0 Å². The van der Waals surface area contributed by atoms with Crippen LogP contribution >= 0.6 is 0 Å². The Kier molecular flexibility index (Phi) is 6.22. The number of amides is 1. The number of nitrogens with zero attached hydrogens (tertiary/aromatic N) is 3. The van der Waals surface area contributed by atoms with Crippen molar-refractivity contribution in [3.63, 3.8) is 0 Å². The zero-order valence-corrected chi connectivity index (χ0v) is 15.4. The van der Waals surface area contributed by atoms with Crippen LogP contribution in [0.3, 0.4) is 0 Å². The van der Waals surface area contributed by atoms with Crippen molar-refractivity contribution in [3.8, 4) is 0 Å². The topological polar surface area (TPSA) is 50.2 Å². The molecule has 0 aliphatic carbocycles. The molecule has 1 aromatic rings. The molecule has 0 bridgehead atoms.